The molecule has 3 N–H and O–H groups in total. The second kappa shape index (κ2) is 5.97. The fourth-order valence-electron chi connectivity index (χ4n) is 1.42. The number of aromatic carboxylic acids is 1. The van der Waals surface area contributed by atoms with Gasteiger partial charge in [0.25, 0.3) is 5.56 Å². The minimum Gasteiger partial charge on any atom is -0.545 e. The second-order valence-electron chi connectivity index (χ2n) is 3.75. The summed E-state index contributed by atoms with van der Waals surface area (Å²) in [5, 5.41) is 27.7. The number of carbonyl (C=O) groups excluding carboxylic acids is 1. The normalized spacial score (nSPS) is 10.9. The third-order valence-corrected chi connectivity index (χ3v) is 3.03. The van der Waals surface area contributed by atoms with Gasteiger partial charge in [-0.3, -0.25) is 9.78 Å². The van der Waals surface area contributed by atoms with E-state index in [1.54, 1.807) is 6.07 Å². The van der Waals surface area contributed by atoms with Crippen LogP contribution in [0.3, 0.4) is 0 Å². The molecule has 0 amide bonds. The molecule has 8 nitrogen and oxygen atoms in total. The van der Waals surface area contributed by atoms with E-state index in [4.69, 9.17) is 0 Å². The van der Waals surface area contributed by atoms with Crippen LogP contribution in [-0.2, 0) is 0 Å². The summed E-state index contributed by atoms with van der Waals surface area (Å²) in [5.41, 5.74) is -1.42. The highest BCUT2D eigenvalue weighted by Gasteiger charge is 2.08. The Kier molecular flexibility index (Phi) is 4.29. The Hall–Kier alpha value is -2.33. The molecule has 0 aliphatic rings. The van der Waals surface area contributed by atoms with Gasteiger partial charge in [-0.15, -0.1) is 10.2 Å². The minimum atomic E-state index is -1.45. The lowest BCUT2D eigenvalue weighted by Crippen LogP contribution is -2.22. The zero-order valence-electron chi connectivity index (χ0n) is 10.1. The van der Waals surface area contributed by atoms with Crippen molar-refractivity contribution in [1.29, 1.82) is 0 Å². The first-order valence-corrected chi connectivity index (χ1v) is 6.57. The lowest BCUT2D eigenvalue weighted by Gasteiger charge is -2.06. The number of benzene rings is 1. The Morgan fingerprint density at radius 1 is 1.33 bits per heavy atom. The quantitative estimate of drug-likeness (QED) is 0.558. The molecule has 0 saturated heterocycles. The summed E-state index contributed by atoms with van der Waals surface area (Å²) < 4.78 is 0.445. The number of halogens is 1. The molecule has 0 aliphatic heterocycles. The van der Waals surface area contributed by atoms with E-state index in [0.717, 1.165) is 0 Å². The van der Waals surface area contributed by atoms with Crippen LogP contribution in [0.4, 0.5) is 11.4 Å². The van der Waals surface area contributed by atoms with Crippen LogP contribution < -0.4 is 10.7 Å². The fraction of sp³-hybridized carbons (Fsp3) is 0. The number of rotatable bonds is 3. The number of carboxylic acids is 1. The molecule has 10 heteroatoms. The molecule has 0 unspecified atom stereocenters. The van der Waals surface area contributed by atoms with Crippen LogP contribution in [-0.4, -0.2) is 21.0 Å². The van der Waals surface area contributed by atoms with Gasteiger partial charge in [-0.25, -0.2) is 0 Å². The van der Waals surface area contributed by atoms with Gasteiger partial charge in [0.1, 0.15) is 0 Å². The Bertz CT molecular complexity index is 858. The number of azo groups is 1. The largest absolute Gasteiger partial charge is 0.545 e. The molecular weight excluding hydrogens is 364 g/mol. The number of aromatic amines is 2. The molecule has 2 rings (SSSR count). The minimum absolute atomic E-state index is 0.0283. The average molecular weight is 370 g/mol. The summed E-state index contributed by atoms with van der Waals surface area (Å²) in [4.78, 5) is 27.1. The van der Waals surface area contributed by atoms with Crippen LogP contribution in [0.5, 0.6) is 5.88 Å². The van der Waals surface area contributed by atoms with E-state index in [1.807, 2.05) is 0 Å². The molecule has 0 aliphatic carbocycles. The predicted octanol–water partition coefficient (Wildman–Crippen LogP) is 1.68. The number of carboxylic acid groups (broad SMARTS) is 1. The number of aromatic nitrogens is 2. The zero-order chi connectivity index (χ0) is 15.6. The summed E-state index contributed by atoms with van der Waals surface area (Å²) in [7, 11) is 0. The first-order chi connectivity index (χ1) is 9.88. The van der Waals surface area contributed by atoms with Crippen molar-refractivity contribution in [1.82, 2.24) is 9.97 Å². The Morgan fingerprint density at radius 2 is 2.05 bits per heavy atom. The molecule has 1 heterocycles. The fourth-order valence-corrected chi connectivity index (χ4v) is 1.97. The lowest BCUT2D eigenvalue weighted by molar-refractivity contribution is -0.254. The van der Waals surface area contributed by atoms with E-state index in [9.17, 15) is 19.8 Å². The van der Waals surface area contributed by atoms with Gasteiger partial charge in [0.15, 0.2) is 4.77 Å². The van der Waals surface area contributed by atoms with E-state index in [0.29, 0.717) is 4.47 Å². The van der Waals surface area contributed by atoms with E-state index in [2.05, 4.69) is 48.3 Å². The number of hydrogen-bond acceptors (Lipinski definition) is 7. The third kappa shape index (κ3) is 3.41. The van der Waals surface area contributed by atoms with Crippen molar-refractivity contribution in [2.45, 2.75) is 0 Å². The number of aromatic hydroxyl groups is 1. The van der Waals surface area contributed by atoms with Gasteiger partial charge in [-0.1, -0.05) is 15.9 Å². The number of nitrogens with zero attached hydrogens (tertiary/aromatic N) is 2. The highest BCUT2D eigenvalue weighted by molar-refractivity contribution is 9.10. The molecule has 0 fully saturated rings. The number of carbonyl (C=O) groups is 1. The third-order valence-electron chi connectivity index (χ3n) is 2.33. The summed E-state index contributed by atoms with van der Waals surface area (Å²) in [6.45, 7) is 0. The maximum atomic E-state index is 11.6. The van der Waals surface area contributed by atoms with Gasteiger partial charge < -0.3 is 20.0 Å². The van der Waals surface area contributed by atoms with E-state index >= 15 is 0 Å². The van der Waals surface area contributed by atoms with Crippen LogP contribution in [0, 0.1) is 4.77 Å². The van der Waals surface area contributed by atoms with Crippen LogP contribution >= 0.6 is 28.1 Å². The van der Waals surface area contributed by atoms with Crippen LogP contribution in [0.2, 0.25) is 0 Å². The van der Waals surface area contributed by atoms with E-state index in [-0.39, 0.29) is 16.0 Å². The van der Waals surface area contributed by atoms with Gasteiger partial charge in [-0.2, -0.15) is 0 Å². The standard InChI is InChI=1S/C11H7BrN4O4S/c12-4-1-2-6(5(3-4)10(19)20)15-16-7-8(17)13-11(21)14-9(7)18/h1-3H,(H,19,20)(H3,13,14,17,18,21)/p-1. The maximum Gasteiger partial charge on any atom is 0.283 e. The van der Waals surface area contributed by atoms with Crippen LogP contribution in [0.15, 0.2) is 37.7 Å². The average Bonchev–Trinajstić information content (AvgIpc) is 2.38. The van der Waals surface area contributed by atoms with Crippen molar-refractivity contribution < 1.29 is 15.0 Å². The van der Waals surface area contributed by atoms with Crippen molar-refractivity contribution in [3.05, 3.63) is 43.4 Å². The van der Waals surface area contributed by atoms with Crippen molar-refractivity contribution in [2.75, 3.05) is 0 Å². The predicted molar refractivity (Wildman–Crippen MR) is 76.6 cm³/mol. The van der Waals surface area contributed by atoms with E-state index < -0.39 is 23.1 Å². The van der Waals surface area contributed by atoms with Gasteiger partial charge in [0.05, 0.1) is 11.7 Å². The Morgan fingerprint density at radius 3 is 2.67 bits per heavy atom. The monoisotopic (exact) mass is 369 g/mol. The van der Waals surface area contributed by atoms with E-state index in [1.165, 1.54) is 12.1 Å². The second-order valence-corrected chi connectivity index (χ2v) is 5.08. The first-order valence-electron chi connectivity index (χ1n) is 5.36. The number of hydrogen-bond donors (Lipinski definition) is 3. The summed E-state index contributed by atoms with van der Waals surface area (Å²) in [6.07, 6.45) is 0. The molecule has 0 spiro atoms. The molecule has 0 atom stereocenters. The van der Waals surface area contributed by atoms with Crippen molar-refractivity contribution in [3.63, 3.8) is 0 Å². The van der Waals surface area contributed by atoms with Crippen LogP contribution in [0.25, 0.3) is 0 Å². The molecule has 108 valence electrons. The molecule has 1 aromatic carbocycles. The summed E-state index contributed by atoms with van der Waals surface area (Å²) >= 11 is 7.78. The molecule has 2 aromatic rings. The summed E-state index contributed by atoms with van der Waals surface area (Å²) in [5.74, 6) is -2.02. The zero-order valence-corrected chi connectivity index (χ0v) is 12.5. The van der Waals surface area contributed by atoms with Gasteiger partial charge in [0, 0.05) is 10.0 Å². The summed E-state index contributed by atoms with van der Waals surface area (Å²) in [6, 6.07) is 4.20. The van der Waals surface area contributed by atoms with Crippen molar-refractivity contribution >= 4 is 45.5 Å². The highest BCUT2D eigenvalue weighted by atomic mass is 79.9. The van der Waals surface area contributed by atoms with Gasteiger partial charge in [-0.05, 0) is 30.4 Å². The Labute approximate surface area is 130 Å². The number of H-pyrrole nitrogens is 2. The van der Waals surface area contributed by atoms with Crippen molar-refractivity contribution in [2.24, 2.45) is 10.2 Å². The molecule has 1 aromatic heterocycles. The van der Waals surface area contributed by atoms with Gasteiger partial charge >= 0.3 is 0 Å². The van der Waals surface area contributed by atoms with Gasteiger partial charge in [0.2, 0.25) is 11.6 Å². The topological polar surface area (TPSA) is 134 Å². The SMILES string of the molecule is O=C([O-])c1cc(Br)ccc1N=Nc1c(O)[nH]c(=S)[nH]c1=O. The highest BCUT2D eigenvalue weighted by Crippen LogP contribution is 2.26. The maximum absolute atomic E-state index is 11.6. The lowest BCUT2D eigenvalue weighted by atomic mass is 10.2. The molecular formula is C11H6BrN4O4S-. The number of nitrogens with one attached hydrogen (secondary N) is 2. The smallest absolute Gasteiger partial charge is 0.283 e. The molecule has 0 saturated carbocycles. The van der Waals surface area contributed by atoms with Crippen molar-refractivity contribution in [3.8, 4) is 5.88 Å². The first kappa shape index (κ1) is 15.1. The van der Waals surface area contributed by atoms with Crippen LogP contribution in [0.1, 0.15) is 10.4 Å². The Balaban J connectivity index is 2.50. The molecule has 0 bridgehead atoms. The molecule has 0 radical (unpaired) electrons. The molecule has 21 heavy (non-hydrogen) atoms.